The lowest BCUT2D eigenvalue weighted by atomic mass is 10.1. The molecule has 0 saturated heterocycles. The summed E-state index contributed by atoms with van der Waals surface area (Å²) in [6.07, 6.45) is 1.55. The SMILES string of the molecule is COc1ccc(C(=O)NCc2cc(-c3ccco3)on2)c(OC)c1. The molecule has 0 saturated carbocycles. The molecule has 124 valence electrons. The van der Waals surface area contributed by atoms with Crippen molar-refractivity contribution in [3.8, 4) is 23.0 Å². The van der Waals surface area contributed by atoms with Crippen LogP contribution < -0.4 is 14.8 Å². The average molecular weight is 328 g/mol. The Labute approximate surface area is 138 Å². The topological polar surface area (TPSA) is 86.7 Å². The van der Waals surface area contributed by atoms with E-state index in [4.69, 9.17) is 18.4 Å². The molecule has 2 aromatic heterocycles. The van der Waals surface area contributed by atoms with E-state index in [1.54, 1.807) is 49.8 Å². The molecule has 0 aliphatic rings. The molecule has 0 aliphatic heterocycles. The molecular formula is C17H16N2O5. The Morgan fingerprint density at radius 2 is 2.04 bits per heavy atom. The molecule has 0 fully saturated rings. The fraction of sp³-hybridized carbons (Fsp3) is 0.176. The Morgan fingerprint density at radius 1 is 1.17 bits per heavy atom. The van der Waals surface area contributed by atoms with Crippen LogP contribution in [0.4, 0.5) is 0 Å². The summed E-state index contributed by atoms with van der Waals surface area (Å²) in [7, 11) is 3.05. The number of amides is 1. The first-order valence-corrected chi connectivity index (χ1v) is 7.21. The number of ether oxygens (including phenoxy) is 2. The standard InChI is InChI=1S/C17H16N2O5/c1-21-12-5-6-13(15(9-12)22-2)17(20)18-10-11-8-16(24-19-11)14-4-3-7-23-14/h3-9H,10H2,1-2H3,(H,18,20). The summed E-state index contributed by atoms with van der Waals surface area (Å²) >= 11 is 0. The van der Waals surface area contributed by atoms with Crippen molar-refractivity contribution in [1.29, 1.82) is 0 Å². The largest absolute Gasteiger partial charge is 0.497 e. The van der Waals surface area contributed by atoms with E-state index in [2.05, 4.69) is 10.5 Å². The third-order valence-corrected chi connectivity index (χ3v) is 3.41. The zero-order chi connectivity index (χ0) is 16.9. The van der Waals surface area contributed by atoms with Crippen LogP contribution in [0, 0.1) is 0 Å². The molecule has 7 heteroatoms. The van der Waals surface area contributed by atoms with E-state index in [-0.39, 0.29) is 12.5 Å². The highest BCUT2D eigenvalue weighted by Gasteiger charge is 2.15. The number of nitrogens with one attached hydrogen (secondary N) is 1. The highest BCUT2D eigenvalue weighted by Crippen LogP contribution is 2.25. The molecule has 0 aliphatic carbocycles. The Bertz CT molecular complexity index is 823. The maximum Gasteiger partial charge on any atom is 0.255 e. The molecule has 0 atom stereocenters. The smallest absolute Gasteiger partial charge is 0.255 e. The Morgan fingerprint density at radius 3 is 2.75 bits per heavy atom. The van der Waals surface area contributed by atoms with Crippen molar-refractivity contribution < 1.29 is 23.2 Å². The summed E-state index contributed by atoms with van der Waals surface area (Å²) in [5.41, 5.74) is 0.996. The van der Waals surface area contributed by atoms with E-state index < -0.39 is 0 Å². The van der Waals surface area contributed by atoms with Crippen LogP contribution in [0.2, 0.25) is 0 Å². The van der Waals surface area contributed by atoms with Crippen LogP contribution in [-0.2, 0) is 6.54 Å². The molecule has 3 aromatic rings. The number of hydrogen-bond acceptors (Lipinski definition) is 6. The number of methoxy groups -OCH3 is 2. The molecule has 0 bridgehead atoms. The van der Waals surface area contributed by atoms with E-state index in [0.717, 1.165) is 0 Å². The van der Waals surface area contributed by atoms with Gasteiger partial charge in [-0.1, -0.05) is 5.16 Å². The fourth-order valence-corrected chi connectivity index (χ4v) is 2.18. The zero-order valence-corrected chi connectivity index (χ0v) is 13.2. The summed E-state index contributed by atoms with van der Waals surface area (Å²) in [4.78, 5) is 12.3. The second kappa shape index (κ2) is 6.91. The van der Waals surface area contributed by atoms with Crippen molar-refractivity contribution in [1.82, 2.24) is 10.5 Å². The second-order valence-corrected chi connectivity index (χ2v) is 4.91. The van der Waals surface area contributed by atoms with Gasteiger partial charge in [0.15, 0.2) is 5.76 Å². The van der Waals surface area contributed by atoms with Gasteiger partial charge in [0, 0.05) is 12.1 Å². The van der Waals surface area contributed by atoms with Gasteiger partial charge in [-0.25, -0.2) is 0 Å². The molecule has 7 nitrogen and oxygen atoms in total. The molecule has 24 heavy (non-hydrogen) atoms. The van der Waals surface area contributed by atoms with Crippen LogP contribution in [0.5, 0.6) is 11.5 Å². The molecule has 2 heterocycles. The number of rotatable bonds is 6. The molecule has 1 aromatic carbocycles. The minimum atomic E-state index is -0.281. The van der Waals surface area contributed by atoms with Gasteiger partial charge in [0.1, 0.15) is 17.2 Å². The Kier molecular flexibility index (Phi) is 4.51. The van der Waals surface area contributed by atoms with Crippen molar-refractivity contribution in [3.05, 3.63) is 53.9 Å². The number of carbonyl (C=O) groups excluding carboxylic acids is 1. The minimum Gasteiger partial charge on any atom is -0.497 e. The van der Waals surface area contributed by atoms with Crippen LogP contribution in [0.3, 0.4) is 0 Å². The molecule has 3 rings (SSSR count). The Hall–Kier alpha value is -3.22. The lowest BCUT2D eigenvalue weighted by molar-refractivity contribution is 0.0947. The second-order valence-electron chi connectivity index (χ2n) is 4.91. The first-order valence-electron chi connectivity index (χ1n) is 7.21. The highest BCUT2D eigenvalue weighted by molar-refractivity contribution is 5.97. The van der Waals surface area contributed by atoms with Crippen LogP contribution in [0.25, 0.3) is 11.5 Å². The quantitative estimate of drug-likeness (QED) is 0.749. The summed E-state index contributed by atoms with van der Waals surface area (Å²) in [5.74, 6) is 1.85. The fourth-order valence-electron chi connectivity index (χ4n) is 2.18. The van der Waals surface area contributed by atoms with Gasteiger partial charge in [0.2, 0.25) is 5.76 Å². The van der Waals surface area contributed by atoms with Crippen LogP contribution in [0.15, 0.2) is 51.6 Å². The monoisotopic (exact) mass is 328 g/mol. The molecule has 0 spiro atoms. The van der Waals surface area contributed by atoms with Crippen LogP contribution >= 0.6 is 0 Å². The maximum absolute atomic E-state index is 12.3. The first-order chi connectivity index (χ1) is 11.7. The average Bonchev–Trinajstić information content (AvgIpc) is 3.30. The van der Waals surface area contributed by atoms with E-state index in [1.807, 2.05) is 0 Å². The third kappa shape index (κ3) is 3.24. The first kappa shape index (κ1) is 15.7. The van der Waals surface area contributed by atoms with Crippen LogP contribution in [-0.4, -0.2) is 25.3 Å². The molecule has 0 radical (unpaired) electrons. The van der Waals surface area contributed by atoms with E-state index >= 15 is 0 Å². The molecular weight excluding hydrogens is 312 g/mol. The lowest BCUT2D eigenvalue weighted by Crippen LogP contribution is -2.23. The number of aromatic nitrogens is 1. The van der Waals surface area contributed by atoms with Gasteiger partial charge in [-0.05, 0) is 24.3 Å². The molecule has 1 amide bonds. The van der Waals surface area contributed by atoms with Gasteiger partial charge in [0.05, 0.1) is 32.6 Å². The van der Waals surface area contributed by atoms with Gasteiger partial charge in [-0.2, -0.15) is 0 Å². The number of furan rings is 1. The predicted molar refractivity (Wildman–Crippen MR) is 84.9 cm³/mol. The van der Waals surface area contributed by atoms with E-state index in [9.17, 15) is 4.79 Å². The van der Waals surface area contributed by atoms with Crippen molar-refractivity contribution in [2.75, 3.05) is 14.2 Å². The number of carbonyl (C=O) groups is 1. The molecule has 1 N–H and O–H groups in total. The maximum atomic E-state index is 12.3. The normalized spacial score (nSPS) is 10.4. The van der Waals surface area contributed by atoms with Gasteiger partial charge < -0.3 is 23.7 Å². The summed E-state index contributed by atoms with van der Waals surface area (Å²) < 4.78 is 20.8. The van der Waals surface area contributed by atoms with Gasteiger partial charge in [0.25, 0.3) is 5.91 Å². The summed E-state index contributed by atoms with van der Waals surface area (Å²) in [5, 5.41) is 6.68. The molecule has 0 unspecified atom stereocenters. The van der Waals surface area contributed by atoms with Crippen molar-refractivity contribution >= 4 is 5.91 Å². The van der Waals surface area contributed by atoms with Crippen molar-refractivity contribution in [2.24, 2.45) is 0 Å². The lowest BCUT2D eigenvalue weighted by Gasteiger charge is -2.10. The highest BCUT2D eigenvalue weighted by atomic mass is 16.5. The van der Waals surface area contributed by atoms with Crippen molar-refractivity contribution in [3.63, 3.8) is 0 Å². The number of benzene rings is 1. The zero-order valence-electron chi connectivity index (χ0n) is 13.2. The summed E-state index contributed by atoms with van der Waals surface area (Å²) in [6, 6.07) is 10.2. The Balaban J connectivity index is 1.67. The van der Waals surface area contributed by atoms with E-state index in [1.165, 1.54) is 7.11 Å². The van der Waals surface area contributed by atoms with Gasteiger partial charge in [-0.15, -0.1) is 0 Å². The van der Waals surface area contributed by atoms with Crippen molar-refractivity contribution in [2.45, 2.75) is 6.54 Å². The third-order valence-electron chi connectivity index (χ3n) is 3.41. The van der Waals surface area contributed by atoms with Crippen LogP contribution in [0.1, 0.15) is 16.1 Å². The van der Waals surface area contributed by atoms with Gasteiger partial charge in [-0.3, -0.25) is 4.79 Å². The predicted octanol–water partition coefficient (Wildman–Crippen LogP) is 2.88. The van der Waals surface area contributed by atoms with Gasteiger partial charge >= 0.3 is 0 Å². The number of nitrogens with zero attached hydrogens (tertiary/aromatic N) is 1. The minimum absolute atomic E-state index is 0.220. The number of hydrogen-bond donors (Lipinski definition) is 1. The summed E-state index contributed by atoms with van der Waals surface area (Å²) in [6.45, 7) is 0.220. The van der Waals surface area contributed by atoms with E-state index in [0.29, 0.717) is 34.3 Å².